The number of nitrogens with one attached hydrogen (secondary N) is 1. The van der Waals surface area contributed by atoms with Crippen LogP contribution in [0, 0.1) is 12.3 Å². The van der Waals surface area contributed by atoms with E-state index in [0.29, 0.717) is 13.1 Å². The highest BCUT2D eigenvalue weighted by Gasteiger charge is 2.04. The molecule has 1 rings (SSSR count). The third-order valence-corrected chi connectivity index (χ3v) is 2.45. The molecule has 1 unspecified atom stereocenters. The van der Waals surface area contributed by atoms with Gasteiger partial charge < -0.3 is 15.2 Å². The molecule has 2 N–H and O–H groups in total. The van der Waals surface area contributed by atoms with Gasteiger partial charge in [0, 0.05) is 18.7 Å². The Balaban J connectivity index is 2.49. The fraction of sp³-hybridized carbons (Fsp3) is 0.429. The van der Waals surface area contributed by atoms with Crippen molar-refractivity contribution in [2.24, 2.45) is 0 Å². The number of terminal acetylenes is 1. The van der Waals surface area contributed by atoms with E-state index in [1.807, 2.05) is 31.2 Å². The van der Waals surface area contributed by atoms with Gasteiger partial charge in [-0.2, -0.15) is 0 Å². The molecule has 3 heteroatoms. The molecule has 0 spiro atoms. The third-order valence-electron chi connectivity index (χ3n) is 2.45. The van der Waals surface area contributed by atoms with Gasteiger partial charge in [0.05, 0.1) is 6.10 Å². The Morgan fingerprint density at radius 3 is 2.94 bits per heavy atom. The van der Waals surface area contributed by atoms with Crippen molar-refractivity contribution in [1.82, 2.24) is 5.32 Å². The summed E-state index contributed by atoms with van der Waals surface area (Å²) in [5, 5.41) is 12.6. The maximum atomic E-state index is 9.43. The van der Waals surface area contributed by atoms with Gasteiger partial charge >= 0.3 is 0 Å². The van der Waals surface area contributed by atoms with Gasteiger partial charge in [-0.15, -0.1) is 6.42 Å². The molecule has 1 aromatic carbocycles. The molecule has 0 aliphatic heterocycles. The van der Waals surface area contributed by atoms with E-state index in [9.17, 15) is 5.11 Å². The molecule has 0 heterocycles. The average molecular weight is 233 g/mol. The Kier molecular flexibility index (Phi) is 6.16. The van der Waals surface area contributed by atoms with Crippen molar-refractivity contribution in [2.75, 3.05) is 13.2 Å². The molecular weight excluding hydrogens is 214 g/mol. The summed E-state index contributed by atoms with van der Waals surface area (Å²) in [6.45, 7) is 3.47. The van der Waals surface area contributed by atoms with Crippen LogP contribution in [0.2, 0.25) is 0 Å². The fourth-order valence-corrected chi connectivity index (χ4v) is 1.43. The monoisotopic (exact) mass is 233 g/mol. The summed E-state index contributed by atoms with van der Waals surface area (Å²) in [5.41, 5.74) is 1.05. The highest BCUT2D eigenvalue weighted by molar-refractivity contribution is 5.33. The molecule has 0 aromatic heterocycles. The lowest BCUT2D eigenvalue weighted by atomic mass is 10.2. The minimum Gasteiger partial charge on any atom is -0.481 e. The molecule has 0 fully saturated rings. The van der Waals surface area contributed by atoms with E-state index >= 15 is 0 Å². The van der Waals surface area contributed by atoms with Crippen molar-refractivity contribution >= 4 is 0 Å². The zero-order valence-electron chi connectivity index (χ0n) is 10.1. The van der Waals surface area contributed by atoms with Gasteiger partial charge in [0.25, 0.3) is 0 Å². The molecular formula is C14H19NO2. The number of aliphatic hydroxyl groups excluding tert-OH is 1. The Morgan fingerprint density at radius 2 is 2.24 bits per heavy atom. The van der Waals surface area contributed by atoms with Crippen LogP contribution in [0.1, 0.15) is 18.9 Å². The van der Waals surface area contributed by atoms with Crippen LogP contribution in [-0.4, -0.2) is 24.4 Å². The van der Waals surface area contributed by atoms with Crippen molar-refractivity contribution in [3.8, 4) is 18.1 Å². The zero-order chi connectivity index (χ0) is 12.5. The summed E-state index contributed by atoms with van der Waals surface area (Å²) in [4.78, 5) is 0. The largest absolute Gasteiger partial charge is 0.481 e. The highest BCUT2D eigenvalue weighted by Crippen LogP contribution is 2.17. The van der Waals surface area contributed by atoms with Gasteiger partial charge in [-0.05, 0) is 12.5 Å². The molecule has 3 nitrogen and oxygen atoms in total. The van der Waals surface area contributed by atoms with Crippen LogP contribution in [0.4, 0.5) is 0 Å². The second-order valence-corrected chi connectivity index (χ2v) is 3.79. The van der Waals surface area contributed by atoms with Crippen LogP contribution in [-0.2, 0) is 6.54 Å². The second-order valence-electron chi connectivity index (χ2n) is 3.79. The van der Waals surface area contributed by atoms with Gasteiger partial charge in [-0.3, -0.25) is 0 Å². The Morgan fingerprint density at radius 1 is 1.47 bits per heavy atom. The van der Waals surface area contributed by atoms with Crippen LogP contribution in [0.15, 0.2) is 24.3 Å². The first-order chi connectivity index (χ1) is 8.27. The summed E-state index contributed by atoms with van der Waals surface area (Å²) in [7, 11) is 0. The number of aliphatic hydroxyl groups is 1. The molecule has 0 aliphatic carbocycles. The van der Waals surface area contributed by atoms with E-state index in [2.05, 4.69) is 11.2 Å². The van der Waals surface area contributed by atoms with Gasteiger partial charge in [0.15, 0.2) is 0 Å². The predicted molar refractivity (Wildman–Crippen MR) is 68.8 cm³/mol. The SMILES string of the molecule is C#CCOc1ccccc1CNCC(O)CC. The maximum absolute atomic E-state index is 9.43. The summed E-state index contributed by atoms with van der Waals surface area (Å²) in [6, 6.07) is 7.74. The topological polar surface area (TPSA) is 41.5 Å². The standard InChI is InChI=1S/C14H19NO2/c1-3-9-17-14-8-6-5-7-12(14)10-15-11-13(16)4-2/h1,5-8,13,15-16H,4,9-11H2,2H3. The van der Waals surface area contributed by atoms with Crippen LogP contribution >= 0.6 is 0 Å². The number of hydrogen-bond donors (Lipinski definition) is 2. The minimum atomic E-state index is -0.297. The molecule has 0 aliphatic rings. The normalized spacial score (nSPS) is 11.8. The van der Waals surface area contributed by atoms with E-state index in [-0.39, 0.29) is 12.7 Å². The van der Waals surface area contributed by atoms with E-state index in [4.69, 9.17) is 11.2 Å². The van der Waals surface area contributed by atoms with E-state index in [1.54, 1.807) is 0 Å². The van der Waals surface area contributed by atoms with Crippen molar-refractivity contribution < 1.29 is 9.84 Å². The third kappa shape index (κ3) is 4.90. The van der Waals surface area contributed by atoms with E-state index < -0.39 is 0 Å². The number of ether oxygens (including phenoxy) is 1. The first-order valence-electron chi connectivity index (χ1n) is 5.80. The summed E-state index contributed by atoms with van der Waals surface area (Å²) in [6.07, 6.45) is 5.62. The summed E-state index contributed by atoms with van der Waals surface area (Å²) in [5.74, 6) is 3.24. The van der Waals surface area contributed by atoms with Gasteiger partial charge in [-0.25, -0.2) is 0 Å². The van der Waals surface area contributed by atoms with Crippen molar-refractivity contribution in [2.45, 2.75) is 26.0 Å². The number of benzene rings is 1. The summed E-state index contributed by atoms with van der Waals surface area (Å²) < 4.78 is 5.43. The molecule has 92 valence electrons. The Labute approximate surface area is 103 Å². The number of hydrogen-bond acceptors (Lipinski definition) is 3. The van der Waals surface area contributed by atoms with Crippen LogP contribution in [0.3, 0.4) is 0 Å². The van der Waals surface area contributed by atoms with Crippen LogP contribution in [0.5, 0.6) is 5.75 Å². The Hall–Kier alpha value is -1.50. The first kappa shape index (κ1) is 13.6. The fourth-order valence-electron chi connectivity index (χ4n) is 1.43. The van der Waals surface area contributed by atoms with Gasteiger partial charge in [0.2, 0.25) is 0 Å². The molecule has 17 heavy (non-hydrogen) atoms. The molecule has 0 radical (unpaired) electrons. The average Bonchev–Trinajstić information content (AvgIpc) is 2.37. The van der Waals surface area contributed by atoms with E-state index in [1.165, 1.54) is 0 Å². The van der Waals surface area contributed by atoms with Crippen LogP contribution < -0.4 is 10.1 Å². The first-order valence-corrected chi connectivity index (χ1v) is 5.80. The minimum absolute atomic E-state index is 0.272. The molecule has 1 atom stereocenters. The molecule has 0 bridgehead atoms. The Bertz CT molecular complexity index is 371. The second kappa shape index (κ2) is 7.72. The van der Waals surface area contributed by atoms with Gasteiger partial charge in [0.1, 0.15) is 12.4 Å². The molecule has 0 saturated carbocycles. The molecule has 0 saturated heterocycles. The quantitative estimate of drug-likeness (QED) is 0.702. The smallest absolute Gasteiger partial charge is 0.148 e. The van der Waals surface area contributed by atoms with E-state index in [0.717, 1.165) is 17.7 Å². The van der Waals surface area contributed by atoms with Crippen LogP contribution in [0.25, 0.3) is 0 Å². The zero-order valence-corrected chi connectivity index (χ0v) is 10.1. The van der Waals surface area contributed by atoms with Gasteiger partial charge in [-0.1, -0.05) is 31.0 Å². The maximum Gasteiger partial charge on any atom is 0.148 e. The lowest BCUT2D eigenvalue weighted by Gasteiger charge is -2.12. The summed E-state index contributed by atoms with van der Waals surface area (Å²) >= 11 is 0. The molecule has 1 aromatic rings. The van der Waals surface area contributed by atoms with Crippen molar-refractivity contribution in [3.63, 3.8) is 0 Å². The lowest BCUT2D eigenvalue weighted by molar-refractivity contribution is 0.167. The number of rotatable bonds is 7. The number of para-hydroxylation sites is 1. The lowest BCUT2D eigenvalue weighted by Crippen LogP contribution is -2.25. The van der Waals surface area contributed by atoms with Crippen molar-refractivity contribution in [1.29, 1.82) is 0 Å². The van der Waals surface area contributed by atoms with Crippen molar-refractivity contribution in [3.05, 3.63) is 29.8 Å². The highest BCUT2D eigenvalue weighted by atomic mass is 16.5. The molecule has 0 amide bonds. The predicted octanol–water partition coefficient (Wildman–Crippen LogP) is 1.56.